The maximum absolute atomic E-state index is 12.3. The molecule has 2 nitrogen and oxygen atoms in total. The lowest BCUT2D eigenvalue weighted by Crippen LogP contribution is -2.08. The molecular weight excluding hydrogens is 314 g/mol. The van der Waals surface area contributed by atoms with E-state index in [0.717, 1.165) is 28.5 Å². The van der Waals surface area contributed by atoms with Crippen LogP contribution < -0.4 is 0 Å². The maximum Gasteiger partial charge on any atom is 0.174 e. The molecular formula is C18H20ClNOS. The summed E-state index contributed by atoms with van der Waals surface area (Å²) in [5.74, 6) is 0.990. The van der Waals surface area contributed by atoms with Gasteiger partial charge in [0.05, 0.1) is 10.6 Å². The molecule has 0 spiro atoms. The Bertz CT molecular complexity index is 629. The second kappa shape index (κ2) is 7.38. The molecule has 1 fully saturated rings. The van der Waals surface area contributed by atoms with Gasteiger partial charge in [0, 0.05) is 17.0 Å². The Morgan fingerprint density at radius 1 is 1.18 bits per heavy atom. The van der Waals surface area contributed by atoms with Crippen LogP contribution in [0.3, 0.4) is 0 Å². The van der Waals surface area contributed by atoms with Gasteiger partial charge in [-0.15, -0.1) is 0 Å². The fourth-order valence-electron chi connectivity index (χ4n) is 3.10. The summed E-state index contributed by atoms with van der Waals surface area (Å²) in [6.45, 7) is 0. The summed E-state index contributed by atoms with van der Waals surface area (Å²) in [5, 5.41) is 0.711. The molecule has 22 heavy (non-hydrogen) atoms. The molecule has 0 unspecified atom stereocenters. The van der Waals surface area contributed by atoms with E-state index in [1.807, 2.05) is 30.3 Å². The van der Waals surface area contributed by atoms with Crippen molar-refractivity contribution in [2.45, 2.75) is 44.9 Å². The Labute approximate surface area is 140 Å². The molecule has 116 valence electrons. The maximum atomic E-state index is 12.3. The highest BCUT2D eigenvalue weighted by atomic mass is 35.5. The van der Waals surface area contributed by atoms with Gasteiger partial charge in [0.1, 0.15) is 0 Å². The standard InChI is InChI=1S/C18H20ClNOS/c19-15-9-7-14(8-10-15)16-12-18(22-20-16)17(21)11-6-13-4-2-1-3-5-13/h7-10,12-13H,1-6,11H2. The van der Waals surface area contributed by atoms with Gasteiger partial charge in [0.2, 0.25) is 0 Å². The SMILES string of the molecule is O=C(CCC1CCCCC1)c1cc(-c2ccc(Cl)cc2)ns1. The van der Waals surface area contributed by atoms with Crippen LogP contribution in [0.2, 0.25) is 5.02 Å². The first kappa shape index (κ1) is 15.7. The molecule has 0 amide bonds. The summed E-state index contributed by atoms with van der Waals surface area (Å²) in [4.78, 5) is 13.1. The number of benzene rings is 1. The van der Waals surface area contributed by atoms with Crippen molar-refractivity contribution < 1.29 is 4.79 Å². The Morgan fingerprint density at radius 2 is 1.91 bits per heavy atom. The van der Waals surface area contributed by atoms with Crippen LogP contribution in [0, 0.1) is 5.92 Å². The molecule has 1 heterocycles. The quantitative estimate of drug-likeness (QED) is 0.627. The first-order chi connectivity index (χ1) is 10.7. The number of halogens is 1. The van der Waals surface area contributed by atoms with Crippen LogP contribution in [-0.4, -0.2) is 10.2 Å². The van der Waals surface area contributed by atoms with E-state index in [1.165, 1.54) is 43.6 Å². The highest BCUT2D eigenvalue weighted by molar-refractivity contribution is 7.08. The van der Waals surface area contributed by atoms with Crippen molar-refractivity contribution in [1.29, 1.82) is 0 Å². The number of hydrogen-bond donors (Lipinski definition) is 0. The molecule has 4 heteroatoms. The largest absolute Gasteiger partial charge is 0.293 e. The molecule has 0 aliphatic heterocycles. The van der Waals surface area contributed by atoms with E-state index in [1.54, 1.807) is 0 Å². The van der Waals surface area contributed by atoms with Gasteiger partial charge in [-0.25, -0.2) is 0 Å². The molecule has 0 N–H and O–H groups in total. The second-order valence-corrected chi connectivity index (χ2v) is 7.29. The highest BCUT2D eigenvalue weighted by Crippen LogP contribution is 2.29. The second-order valence-electron chi connectivity index (χ2n) is 6.05. The summed E-state index contributed by atoms with van der Waals surface area (Å²) in [6, 6.07) is 9.49. The van der Waals surface area contributed by atoms with E-state index < -0.39 is 0 Å². The van der Waals surface area contributed by atoms with Crippen molar-refractivity contribution in [1.82, 2.24) is 4.37 Å². The number of aromatic nitrogens is 1. The van der Waals surface area contributed by atoms with E-state index >= 15 is 0 Å². The van der Waals surface area contributed by atoms with Gasteiger partial charge in [0.25, 0.3) is 0 Å². The van der Waals surface area contributed by atoms with Gasteiger partial charge in [-0.2, -0.15) is 4.37 Å². The minimum absolute atomic E-state index is 0.239. The Hall–Kier alpha value is -1.19. The van der Waals surface area contributed by atoms with Crippen LogP contribution in [0.1, 0.15) is 54.6 Å². The van der Waals surface area contributed by atoms with Crippen molar-refractivity contribution in [3.63, 3.8) is 0 Å². The van der Waals surface area contributed by atoms with Gasteiger partial charge in [-0.1, -0.05) is 55.8 Å². The molecule has 1 aromatic heterocycles. The van der Waals surface area contributed by atoms with Gasteiger partial charge in [-0.3, -0.25) is 4.79 Å². The summed E-state index contributed by atoms with van der Waals surface area (Å²) in [6.07, 6.45) is 8.32. The van der Waals surface area contributed by atoms with E-state index in [0.29, 0.717) is 11.4 Å². The van der Waals surface area contributed by atoms with Crippen LogP contribution in [0.15, 0.2) is 30.3 Å². The van der Waals surface area contributed by atoms with Gasteiger partial charge in [0.15, 0.2) is 5.78 Å². The Balaban J connectivity index is 1.60. The number of hydrogen-bond acceptors (Lipinski definition) is 3. The number of rotatable bonds is 5. The fraction of sp³-hybridized carbons (Fsp3) is 0.444. The first-order valence-electron chi connectivity index (χ1n) is 7.98. The zero-order valence-electron chi connectivity index (χ0n) is 12.6. The molecule has 3 rings (SSSR count). The first-order valence-corrected chi connectivity index (χ1v) is 9.13. The van der Waals surface area contributed by atoms with Crippen molar-refractivity contribution in [3.05, 3.63) is 40.2 Å². The third-order valence-electron chi connectivity index (χ3n) is 4.43. The van der Waals surface area contributed by atoms with Gasteiger partial charge in [-0.05, 0) is 42.1 Å². The van der Waals surface area contributed by atoms with Crippen LogP contribution in [0.25, 0.3) is 11.3 Å². The monoisotopic (exact) mass is 333 g/mol. The summed E-state index contributed by atoms with van der Waals surface area (Å²) >= 11 is 7.21. The molecule has 0 saturated heterocycles. The Kier molecular flexibility index (Phi) is 5.27. The van der Waals surface area contributed by atoms with Crippen LogP contribution in [0.4, 0.5) is 0 Å². The smallest absolute Gasteiger partial charge is 0.174 e. The molecule has 0 atom stereocenters. The number of carbonyl (C=O) groups excluding carboxylic acids is 1. The molecule has 0 radical (unpaired) electrons. The predicted molar refractivity (Wildman–Crippen MR) is 92.7 cm³/mol. The predicted octanol–water partition coefficient (Wildman–Crippen LogP) is 6.01. The lowest BCUT2D eigenvalue weighted by atomic mass is 9.85. The van der Waals surface area contributed by atoms with E-state index in [2.05, 4.69) is 4.37 Å². The summed E-state index contributed by atoms with van der Waals surface area (Å²) in [5.41, 5.74) is 1.87. The van der Waals surface area contributed by atoms with Gasteiger partial charge >= 0.3 is 0 Å². The minimum atomic E-state index is 0.239. The molecule has 2 aromatic rings. The molecule has 1 aromatic carbocycles. The van der Waals surface area contributed by atoms with Crippen molar-refractivity contribution in [2.75, 3.05) is 0 Å². The topological polar surface area (TPSA) is 30.0 Å². The molecule has 1 aliphatic carbocycles. The number of nitrogens with zero attached hydrogens (tertiary/aromatic N) is 1. The third-order valence-corrected chi connectivity index (χ3v) is 5.51. The lowest BCUT2D eigenvalue weighted by molar-refractivity contribution is 0.0974. The van der Waals surface area contributed by atoms with Crippen molar-refractivity contribution in [2.24, 2.45) is 5.92 Å². The normalized spacial score (nSPS) is 15.9. The van der Waals surface area contributed by atoms with E-state index in [9.17, 15) is 4.79 Å². The van der Waals surface area contributed by atoms with E-state index in [-0.39, 0.29) is 5.78 Å². The van der Waals surface area contributed by atoms with Crippen LogP contribution >= 0.6 is 23.1 Å². The lowest BCUT2D eigenvalue weighted by Gasteiger charge is -2.20. The van der Waals surface area contributed by atoms with Crippen molar-refractivity contribution >= 4 is 28.9 Å². The summed E-state index contributed by atoms with van der Waals surface area (Å²) < 4.78 is 4.41. The Morgan fingerprint density at radius 3 is 2.64 bits per heavy atom. The molecule has 1 saturated carbocycles. The average molecular weight is 334 g/mol. The highest BCUT2D eigenvalue weighted by Gasteiger charge is 2.17. The zero-order valence-corrected chi connectivity index (χ0v) is 14.1. The van der Waals surface area contributed by atoms with Gasteiger partial charge < -0.3 is 0 Å². The number of ketones is 1. The number of carbonyl (C=O) groups is 1. The fourth-order valence-corrected chi connectivity index (χ4v) is 3.95. The molecule has 0 bridgehead atoms. The minimum Gasteiger partial charge on any atom is -0.293 e. The van der Waals surface area contributed by atoms with Crippen LogP contribution in [-0.2, 0) is 0 Å². The zero-order chi connectivity index (χ0) is 15.4. The molecule has 1 aliphatic rings. The summed E-state index contributed by atoms with van der Waals surface area (Å²) in [7, 11) is 0. The van der Waals surface area contributed by atoms with E-state index in [4.69, 9.17) is 11.6 Å². The average Bonchev–Trinajstić information content (AvgIpc) is 3.04. The number of Topliss-reactive ketones (excluding diaryl/α,β-unsaturated/α-hetero) is 1. The van der Waals surface area contributed by atoms with Crippen molar-refractivity contribution in [3.8, 4) is 11.3 Å². The third kappa shape index (κ3) is 3.96. The van der Waals surface area contributed by atoms with Crippen LogP contribution in [0.5, 0.6) is 0 Å².